The number of carboxylic acid groups (broad SMARTS) is 1. The number of hydrogen-bond acceptors (Lipinski definition) is 7. The van der Waals surface area contributed by atoms with Crippen molar-refractivity contribution in [3.63, 3.8) is 0 Å². The topological polar surface area (TPSA) is 220 Å². The molecule has 1 rings (SSSR count). The number of carbonyl (C=O) groups is 5. The van der Waals surface area contributed by atoms with Crippen LogP contribution in [0.3, 0.4) is 0 Å². The first-order valence-corrected chi connectivity index (χ1v) is 11.5. The number of amides is 4. The maximum absolute atomic E-state index is 12.8. The highest BCUT2D eigenvalue weighted by Crippen LogP contribution is 2.06. The Hall–Kier alpha value is -3.51. The van der Waals surface area contributed by atoms with Crippen molar-refractivity contribution < 1.29 is 29.1 Å². The monoisotopic (exact) mass is 492 g/mol. The predicted molar refractivity (Wildman–Crippen MR) is 129 cm³/mol. The highest BCUT2D eigenvalue weighted by molar-refractivity contribution is 5.94. The quantitative estimate of drug-likeness (QED) is 0.134. The standard InChI is InChI=1S/C23H36N6O6/c1-14(20(31)29-18(23(34)35)10-11-19(26)30)27-22(33)17(9-5-6-12-24)28-21(32)16(25)13-15-7-3-2-4-8-15/h2-4,7-8,14,16-18H,5-6,9-13,24-25H2,1H3,(H2,26,30)(H,27,33)(H,28,32)(H,29,31)(H,34,35). The van der Waals surface area contributed by atoms with Crippen molar-refractivity contribution >= 4 is 29.6 Å². The lowest BCUT2D eigenvalue weighted by Gasteiger charge is -2.23. The summed E-state index contributed by atoms with van der Waals surface area (Å²) in [6, 6.07) is 4.90. The van der Waals surface area contributed by atoms with Crippen molar-refractivity contribution in [2.45, 2.75) is 69.6 Å². The minimum atomic E-state index is -1.34. The molecule has 1 aromatic carbocycles. The van der Waals surface area contributed by atoms with Crippen molar-refractivity contribution in [1.82, 2.24) is 16.0 Å². The van der Waals surface area contributed by atoms with Gasteiger partial charge in [0.2, 0.25) is 23.6 Å². The van der Waals surface area contributed by atoms with Gasteiger partial charge in [-0.25, -0.2) is 4.79 Å². The summed E-state index contributed by atoms with van der Waals surface area (Å²) in [6.45, 7) is 1.79. The van der Waals surface area contributed by atoms with E-state index in [9.17, 15) is 29.1 Å². The Bertz CT molecular complexity index is 865. The molecule has 0 saturated heterocycles. The van der Waals surface area contributed by atoms with E-state index in [1.807, 2.05) is 30.3 Å². The van der Waals surface area contributed by atoms with Crippen molar-refractivity contribution in [2.75, 3.05) is 6.54 Å². The number of hydrogen-bond donors (Lipinski definition) is 7. The van der Waals surface area contributed by atoms with Crippen LogP contribution in [-0.2, 0) is 30.4 Å². The molecule has 12 nitrogen and oxygen atoms in total. The lowest BCUT2D eigenvalue weighted by molar-refractivity contribution is -0.142. The zero-order valence-corrected chi connectivity index (χ0v) is 19.9. The van der Waals surface area contributed by atoms with Crippen LogP contribution < -0.4 is 33.2 Å². The molecule has 0 fully saturated rings. The second-order valence-electron chi connectivity index (χ2n) is 8.28. The molecule has 4 amide bonds. The molecule has 0 aliphatic heterocycles. The van der Waals surface area contributed by atoms with Crippen molar-refractivity contribution in [3.05, 3.63) is 35.9 Å². The molecule has 194 valence electrons. The number of nitrogens with two attached hydrogens (primary N) is 3. The third-order valence-corrected chi connectivity index (χ3v) is 5.26. The average Bonchev–Trinajstić information content (AvgIpc) is 2.81. The molecule has 0 aromatic heterocycles. The third kappa shape index (κ3) is 11.5. The fraction of sp³-hybridized carbons (Fsp3) is 0.522. The summed E-state index contributed by atoms with van der Waals surface area (Å²) < 4.78 is 0. The Balaban J connectivity index is 2.76. The van der Waals surface area contributed by atoms with Crippen LogP contribution in [0.2, 0.25) is 0 Å². The number of carboxylic acids is 1. The van der Waals surface area contributed by atoms with Gasteiger partial charge in [0.1, 0.15) is 18.1 Å². The number of rotatable bonds is 16. The minimum Gasteiger partial charge on any atom is -0.480 e. The number of aliphatic carboxylic acids is 1. The summed E-state index contributed by atoms with van der Waals surface area (Å²) in [5.74, 6) is -3.93. The van der Waals surface area contributed by atoms with E-state index in [2.05, 4.69) is 16.0 Å². The van der Waals surface area contributed by atoms with Crippen molar-refractivity contribution in [3.8, 4) is 0 Å². The molecule has 0 spiro atoms. The Kier molecular flexibility index (Phi) is 13.0. The van der Waals surface area contributed by atoms with Crippen LogP contribution >= 0.6 is 0 Å². The number of benzene rings is 1. The number of carbonyl (C=O) groups excluding carboxylic acids is 4. The van der Waals surface area contributed by atoms with Gasteiger partial charge < -0.3 is 38.3 Å². The Morgan fingerprint density at radius 1 is 0.886 bits per heavy atom. The second-order valence-corrected chi connectivity index (χ2v) is 8.28. The average molecular weight is 493 g/mol. The molecule has 4 unspecified atom stereocenters. The van der Waals surface area contributed by atoms with Gasteiger partial charge in [-0.3, -0.25) is 19.2 Å². The molecular formula is C23H36N6O6. The fourth-order valence-corrected chi connectivity index (χ4v) is 3.22. The van der Waals surface area contributed by atoms with E-state index >= 15 is 0 Å². The maximum Gasteiger partial charge on any atom is 0.326 e. The van der Waals surface area contributed by atoms with Gasteiger partial charge in [-0.2, -0.15) is 0 Å². The second kappa shape index (κ2) is 15.4. The Morgan fingerprint density at radius 2 is 1.51 bits per heavy atom. The van der Waals surface area contributed by atoms with Gasteiger partial charge in [-0.05, 0) is 51.1 Å². The first kappa shape index (κ1) is 29.5. The highest BCUT2D eigenvalue weighted by atomic mass is 16.4. The maximum atomic E-state index is 12.8. The fourth-order valence-electron chi connectivity index (χ4n) is 3.22. The van der Waals surface area contributed by atoms with Gasteiger partial charge in [0.15, 0.2) is 0 Å². The van der Waals surface area contributed by atoms with E-state index in [1.54, 1.807) is 0 Å². The normalized spacial score (nSPS) is 14.1. The van der Waals surface area contributed by atoms with E-state index in [0.29, 0.717) is 19.4 Å². The van der Waals surface area contributed by atoms with Gasteiger partial charge in [0, 0.05) is 6.42 Å². The van der Waals surface area contributed by atoms with Crippen LogP contribution in [0.1, 0.15) is 44.6 Å². The van der Waals surface area contributed by atoms with Crippen LogP contribution in [0.5, 0.6) is 0 Å². The molecule has 10 N–H and O–H groups in total. The number of nitrogens with one attached hydrogen (secondary N) is 3. The molecule has 0 heterocycles. The molecule has 0 bridgehead atoms. The molecule has 4 atom stereocenters. The summed E-state index contributed by atoms with van der Waals surface area (Å²) in [7, 11) is 0. The highest BCUT2D eigenvalue weighted by Gasteiger charge is 2.28. The molecule has 0 saturated carbocycles. The summed E-state index contributed by atoms with van der Waals surface area (Å²) in [6.07, 6.45) is 1.33. The van der Waals surface area contributed by atoms with Gasteiger partial charge in [-0.15, -0.1) is 0 Å². The molecule has 0 aliphatic rings. The summed E-state index contributed by atoms with van der Waals surface area (Å²) in [5.41, 5.74) is 17.4. The lowest BCUT2D eigenvalue weighted by atomic mass is 10.0. The van der Waals surface area contributed by atoms with E-state index in [4.69, 9.17) is 17.2 Å². The minimum absolute atomic E-state index is 0.186. The molecular weight excluding hydrogens is 456 g/mol. The van der Waals surface area contributed by atoms with Crippen LogP contribution in [0.25, 0.3) is 0 Å². The van der Waals surface area contributed by atoms with Crippen molar-refractivity contribution in [2.24, 2.45) is 17.2 Å². The Morgan fingerprint density at radius 3 is 2.09 bits per heavy atom. The van der Waals surface area contributed by atoms with Crippen LogP contribution in [0.4, 0.5) is 0 Å². The van der Waals surface area contributed by atoms with Crippen LogP contribution in [0.15, 0.2) is 30.3 Å². The van der Waals surface area contributed by atoms with Gasteiger partial charge in [-0.1, -0.05) is 30.3 Å². The number of unbranched alkanes of at least 4 members (excludes halogenated alkanes) is 1. The van der Waals surface area contributed by atoms with E-state index in [0.717, 1.165) is 5.56 Å². The first-order valence-electron chi connectivity index (χ1n) is 11.5. The third-order valence-electron chi connectivity index (χ3n) is 5.26. The van der Waals surface area contributed by atoms with Gasteiger partial charge in [0.25, 0.3) is 0 Å². The van der Waals surface area contributed by atoms with Gasteiger partial charge >= 0.3 is 5.97 Å². The number of primary amides is 1. The summed E-state index contributed by atoms with van der Waals surface area (Å²) >= 11 is 0. The molecule has 0 radical (unpaired) electrons. The van der Waals surface area contributed by atoms with Crippen LogP contribution in [-0.4, -0.2) is 65.4 Å². The molecule has 1 aromatic rings. The Labute approximate surface area is 204 Å². The zero-order valence-electron chi connectivity index (χ0n) is 19.9. The van der Waals surface area contributed by atoms with E-state index in [1.165, 1.54) is 6.92 Å². The van der Waals surface area contributed by atoms with Crippen molar-refractivity contribution in [1.29, 1.82) is 0 Å². The smallest absolute Gasteiger partial charge is 0.326 e. The lowest BCUT2D eigenvalue weighted by Crippen LogP contribution is -2.56. The zero-order chi connectivity index (χ0) is 26.4. The predicted octanol–water partition coefficient (Wildman–Crippen LogP) is -1.49. The largest absolute Gasteiger partial charge is 0.480 e. The SMILES string of the molecule is CC(NC(=O)C(CCCCN)NC(=O)C(N)Cc1ccccc1)C(=O)NC(CCC(N)=O)C(=O)O. The van der Waals surface area contributed by atoms with E-state index < -0.39 is 53.8 Å². The first-order chi connectivity index (χ1) is 16.5. The molecule has 0 aliphatic carbocycles. The van der Waals surface area contributed by atoms with Gasteiger partial charge in [0.05, 0.1) is 6.04 Å². The molecule has 12 heteroatoms. The summed E-state index contributed by atoms with van der Waals surface area (Å²) in [4.78, 5) is 60.2. The molecule has 35 heavy (non-hydrogen) atoms. The van der Waals surface area contributed by atoms with Crippen LogP contribution in [0, 0.1) is 0 Å². The van der Waals surface area contributed by atoms with E-state index in [-0.39, 0.29) is 25.7 Å². The summed E-state index contributed by atoms with van der Waals surface area (Å²) in [5, 5.41) is 16.6.